The van der Waals surface area contributed by atoms with Crippen molar-refractivity contribution in [2.45, 2.75) is 31.7 Å². The highest BCUT2D eigenvalue weighted by Gasteiger charge is 2.41. The fraction of sp³-hybridized carbons (Fsp3) is 0.571. The minimum Gasteiger partial charge on any atom is -0.497 e. The zero-order chi connectivity index (χ0) is 11.8. The highest BCUT2D eigenvalue weighted by atomic mass is 79.9. The van der Waals surface area contributed by atoms with Crippen LogP contribution in [0.2, 0.25) is 0 Å². The summed E-state index contributed by atoms with van der Waals surface area (Å²) in [6.45, 7) is 0. The lowest BCUT2D eigenvalue weighted by Crippen LogP contribution is -2.24. The van der Waals surface area contributed by atoms with Gasteiger partial charge < -0.3 is 10.1 Å². The van der Waals surface area contributed by atoms with Crippen LogP contribution in [0.4, 0.5) is 5.69 Å². The molecule has 0 aliphatic heterocycles. The van der Waals surface area contributed by atoms with Crippen LogP contribution in [0.15, 0.2) is 22.7 Å². The first-order chi connectivity index (χ1) is 8.26. The number of nitrogens with one attached hydrogen (secondary N) is 1. The number of halogens is 1. The standard InChI is InChI=1S/C14H18BrNO/c1-17-13-7-11(15)6-12(8-13)16-14(9-2-3-9)10-4-5-10/h6-10,14,16H,2-5H2,1H3. The first-order valence-corrected chi connectivity index (χ1v) is 7.16. The van der Waals surface area contributed by atoms with Gasteiger partial charge in [0, 0.05) is 22.3 Å². The SMILES string of the molecule is COc1cc(Br)cc(NC(C2CC2)C2CC2)c1. The summed E-state index contributed by atoms with van der Waals surface area (Å²) in [5.74, 6) is 2.73. The first-order valence-electron chi connectivity index (χ1n) is 6.37. The minimum atomic E-state index is 0.689. The summed E-state index contributed by atoms with van der Waals surface area (Å²) >= 11 is 3.53. The third kappa shape index (κ3) is 2.76. The summed E-state index contributed by atoms with van der Waals surface area (Å²) in [5.41, 5.74) is 1.18. The molecule has 0 saturated heterocycles. The van der Waals surface area contributed by atoms with E-state index in [1.165, 1.54) is 31.4 Å². The molecule has 0 bridgehead atoms. The predicted molar refractivity (Wildman–Crippen MR) is 73.6 cm³/mol. The Morgan fingerprint density at radius 2 is 1.82 bits per heavy atom. The van der Waals surface area contributed by atoms with Gasteiger partial charge in [0.1, 0.15) is 5.75 Å². The van der Waals surface area contributed by atoms with Crippen LogP contribution in [0.3, 0.4) is 0 Å². The van der Waals surface area contributed by atoms with Crippen LogP contribution in [0.1, 0.15) is 25.7 Å². The van der Waals surface area contributed by atoms with Crippen LogP contribution >= 0.6 is 15.9 Å². The average molecular weight is 296 g/mol. The molecule has 0 amide bonds. The van der Waals surface area contributed by atoms with Crippen molar-refractivity contribution in [2.24, 2.45) is 11.8 Å². The lowest BCUT2D eigenvalue weighted by atomic mass is 10.1. The third-order valence-electron chi connectivity index (χ3n) is 3.70. The van der Waals surface area contributed by atoms with Crippen molar-refractivity contribution in [3.8, 4) is 5.75 Å². The van der Waals surface area contributed by atoms with E-state index in [1.54, 1.807) is 7.11 Å². The highest BCUT2D eigenvalue weighted by Crippen LogP contribution is 2.46. The van der Waals surface area contributed by atoms with Crippen molar-refractivity contribution < 1.29 is 4.74 Å². The van der Waals surface area contributed by atoms with Crippen molar-refractivity contribution in [1.82, 2.24) is 0 Å². The number of hydrogen-bond donors (Lipinski definition) is 1. The van der Waals surface area contributed by atoms with E-state index >= 15 is 0 Å². The molecule has 92 valence electrons. The van der Waals surface area contributed by atoms with Gasteiger partial charge in [0.25, 0.3) is 0 Å². The molecule has 0 atom stereocenters. The molecule has 2 aliphatic carbocycles. The Morgan fingerprint density at radius 3 is 2.35 bits per heavy atom. The lowest BCUT2D eigenvalue weighted by molar-refractivity contribution is 0.414. The maximum atomic E-state index is 5.30. The molecule has 1 aromatic carbocycles. The van der Waals surface area contributed by atoms with Crippen LogP contribution in [0.5, 0.6) is 5.75 Å². The van der Waals surface area contributed by atoms with Crippen molar-refractivity contribution in [1.29, 1.82) is 0 Å². The molecule has 3 rings (SSSR count). The minimum absolute atomic E-state index is 0.689. The molecule has 2 nitrogen and oxygen atoms in total. The van der Waals surface area contributed by atoms with Gasteiger partial charge in [-0.25, -0.2) is 0 Å². The van der Waals surface area contributed by atoms with Crippen molar-refractivity contribution in [2.75, 3.05) is 12.4 Å². The largest absolute Gasteiger partial charge is 0.497 e. The number of methoxy groups -OCH3 is 1. The second kappa shape index (κ2) is 4.52. The lowest BCUT2D eigenvalue weighted by Gasteiger charge is -2.19. The number of ether oxygens (including phenoxy) is 1. The Morgan fingerprint density at radius 1 is 1.18 bits per heavy atom. The monoisotopic (exact) mass is 295 g/mol. The van der Waals surface area contributed by atoms with Crippen molar-refractivity contribution >= 4 is 21.6 Å². The molecular weight excluding hydrogens is 278 g/mol. The van der Waals surface area contributed by atoms with Gasteiger partial charge in [-0.05, 0) is 49.7 Å². The summed E-state index contributed by atoms with van der Waals surface area (Å²) in [6, 6.07) is 6.91. The molecule has 0 aromatic heterocycles. The predicted octanol–water partition coefficient (Wildman–Crippen LogP) is 4.06. The molecule has 1 N–H and O–H groups in total. The highest BCUT2D eigenvalue weighted by molar-refractivity contribution is 9.10. The summed E-state index contributed by atoms with van der Waals surface area (Å²) in [4.78, 5) is 0. The van der Waals surface area contributed by atoms with Gasteiger partial charge in [-0.15, -0.1) is 0 Å². The topological polar surface area (TPSA) is 21.3 Å². The fourth-order valence-corrected chi connectivity index (χ4v) is 2.96. The Kier molecular flexibility index (Phi) is 3.03. The van der Waals surface area contributed by atoms with Crippen LogP contribution in [0.25, 0.3) is 0 Å². The maximum absolute atomic E-state index is 5.30. The third-order valence-corrected chi connectivity index (χ3v) is 4.16. The summed E-state index contributed by atoms with van der Waals surface area (Å²) < 4.78 is 6.37. The normalized spacial score (nSPS) is 19.5. The molecule has 17 heavy (non-hydrogen) atoms. The summed E-state index contributed by atoms with van der Waals surface area (Å²) in [5, 5.41) is 3.71. The van der Waals surface area contributed by atoms with E-state index in [2.05, 4.69) is 33.4 Å². The Hall–Kier alpha value is -0.700. The van der Waals surface area contributed by atoms with Crippen LogP contribution in [0, 0.1) is 11.8 Å². The molecule has 0 radical (unpaired) electrons. The Labute approximate surface area is 111 Å². The number of rotatable bonds is 5. The van der Waals surface area contributed by atoms with Crippen LogP contribution < -0.4 is 10.1 Å². The van der Waals surface area contributed by atoms with E-state index in [4.69, 9.17) is 4.74 Å². The quantitative estimate of drug-likeness (QED) is 0.884. The Bertz CT molecular complexity index is 401. The van der Waals surface area contributed by atoms with Crippen molar-refractivity contribution in [3.63, 3.8) is 0 Å². The maximum Gasteiger partial charge on any atom is 0.122 e. The smallest absolute Gasteiger partial charge is 0.122 e. The second-order valence-electron chi connectivity index (χ2n) is 5.22. The molecule has 2 aliphatic rings. The van der Waals surface area contributed by atoms with E-state index in [0.717, 1.165) is 22.1 Å². The molecule has 1 aromatic rings. The van der Waals surface area contributed by atoms with Gasteiger partial charge in [0.2, 0.25) is 0 Å². The molecule has 0 unspecified atom stereocenters. The zero-order valence-electron chi connectivity index (χ0n) is 10.1. The van der Waals surface area contributed by atoms with Gasteiger partial charge in [-0.1, -0.05) is 15.9 Å². The molecule has 2 saturated carbocycles. The first kappa shape index (κ1) is 11.4. The molecule has 0 heterocycles. The van der Waals surface area contributed by atoms with Gasteiger partial charge in [0.05, 0.1) is 7.11 Å². The molecule has 0 spiro atoms. The molecule has 3 heteroatoms. The second-order valence-corrected chi connectivity index (χ2v) is 6.14. The summed E-state index contributed by atoms with van der Waals surface area (Å²) in [6.07, 6.45) is 5.61. The van der Waals surface area contributed by atoms with E-state index in [9.17, 15) is 0 Å². The van der Waals surface area contributed by atoms with Crippen LogP contribution in [-0.2, 0) is 0 Å². The van der Waals surface area contributed by atoms with E-state index in [0.29, 0.717) is 6.04 Å². The van der Waals surface area contributed by atoms with Gasteiger partial charge >= 0.3 is 0 Å². The number of hydrogen-bond acceptors (Lipinski definition) is 2. The molecule has 2 fully saturated rings. The zero-order valence-corrected chi connectivity index (χ0v) is 11.7. The average Bonchev–Trinajstić information content (AvgIpc) is 3.16. The van der Waals surface area contributed by atoms with Gasteiger partial charge in [-0.3, -0.25) is 0 Å². The summed E-state index contributed by atoms with van der Waals surface area (Å²) in [7, 11) is 1.71. The van der Waals surface area contributed by atoms with E-state index in [-0.39, 0.29) is 0 Å². The Balaban J connectivity index is 1.76. The van der Waals surface area contributed by atoms with E-state index in [1.807, 2.05) is 6.07 Å². The van der Waals surface area contributed by atoms with Gasteiger partial charge in [0.15, 0.2) is 0 Å². The van der Waals surface area contributed by atoms with Crippen molar-refractivity contribution in [3.05, 3.63) is 22.7 Å². The fourth-order valence-electron chi connectivity index (χ4n) is 2.49. The van der Waals surface area contributed by atoms with Gasteiger partial charge in [-0.2, -0.15) is 0 Å². The number of anilines is 1. The number of benzene rings is 1. The molecular formula is C14H18BrNO. The van der Waals surface area contributed by atoms with Crippen LogP contribution in [-0.4, -0.2) is 13.2 Å². The van der Waals surface area contributed by atoms with E-state index < -0.39 is 0 Å².